The first-order valence-corrected chi connectivity index (χ1v) is 10.0. The second kappa shape index (κ2) is 5.85. The second-order valence-electron chi connectivity index (χ2n) is 4.93. The summed E-state index contributed by atoms with van der Waals surface area (Å²) in [6.45, 7) is -0.342. The van der Waals surface area contributed by atoms with Gasteiger partial charge in [0.2, 0.25) is 10.0 Å². The third-order valence-corrected chi connectivity index (χ3v) is 6.74. The maximum atomic E-state index is 12.6. The van der Waals surface area contributed by atoms with E-state index in [-0.39, 0.29) is 34.0 Å². The van der Waals surface area contributed by atoms with Gasteiger partial charge in [-0.05, 0) is 31.0 Å². The minimum Gasteiger partial charge on any atom is -0.395 e. The molecule has 0 saturated heterocycles. The van der Waals surface area contributed by atoms with E-state index in [2.05, 4.69) is 0 Å². The number of sulfone groups is 1. The minimum absolute atomic E-state index is 0.0353. The van der Waals surface area contributed by atoms with Crippen molar-refractivity contribution < 1.29 is 21.9 Å². The van der Waals surface area contributed by atoms with Gasteiger partial charge in [0.05, 0.1) is 16.5 Å². The second-order valence-corrected chi connectivity index (χ2v) is 9.22. The summed E-state index contributed by atoms with van der Waals surface area (Å²) in [7, 11) is -7.47. The summed E-state index contributed by atoms with van der Waals surface area (Å²) in [6, 6.07) is 3.44. The van der Waals surface area contributed by atoms with E-state index in [0.29, 0.717) is 0 Å². The molecule has 1 aromatic rings. The van der Waals surface area contributed by atoms with Gasteiger partial charge in [0.1, 0.15) is 4.90 Å². The standard InChI is InChI=1S/C12H16ClNO5S2/c1-20(16,17)10-4-5-11(13)12(8-10)21(18,19)14(6-7-15)9-2-3-9/h4-5,8-9,15H,2-3,6-7H2,1H3. The lowest BCUT2D eigenvalue weighted by atomic mass is 10.4. The van der Waals surface area contributed by atoms with Gasteiger partial charge in [-0.1, -0.05) is 11.6 Å². The fourth-order valence-electron chi connectivity index (χ4n) is 2.00. The number of hydrogen-bond acceptors (Lipinski definition) is 5. The van der Waals surface area contributed by atoms with E-state index in [9.17, 15) is 16.8 Å². The van der Waals surface area contributed by atoms with E-state index in [1.165, 1.54) is 16.4 Å². The molecule has 1 fully saturated rings. The molecule has 1 N–H and O–H groups in total. The number of sulfonamides is 1. The summed E-state index contributed by atoms with van der Waals surface area (Å²) < 4.78 is 49.6. The Morgan fingerprint density at radius 3 is 2.38 bits per heavy atom. The minimum atomic E-state index is -3.94. The largest absolute Gasteiger partial charge is 0.395 e. The topological polar surface area (TPSA) is 91.8 Å². The van der Waals surface area contributed by atoms with Gasteiger partial charge in [0.25, 0.3) is 0 Å². The fraction of sp³-hybridized carbons (Fsp3) is 0.500. The number of nitrogens with zero attached hydrogens (tertiary/aromatic N) is 1. The molecule has 0 bridgehead atoms. The fourth-order valence-corrected chi connectivity index (χ4v) is 4.90. The van der Waals surface area contributed by atoms with Gasteiger partial charge in [0, 0.05) is 18.8 Å². The van der Waals surface area contributed by atoms with Crippen molar-refractivity contribution in [2.24, 2.45) is 0 Å². The normalized spacial score (nSPS) is 16.4. The van der Waals surface area contributed by atoms with E-state index in [1.807, 2.05) is 0 Å². The van der Waals surface area contributed by atoms with E-state index >= 15 is 0 Å². The van der Waals surface area contributed by atoms with E-state index < -0.39 is 19.9 Å². The van der Waals surface area contributed by atoms with Gasteiger partial charge in [-0.15, -0.1) is 0 Å². The van der Waals surface area contributed by atoms with Crippen LogP contribution in [-0.4, -0.2) is 51.7 Å². The number of halogens is 1. The first kappa shape index (κ1) is 16.7. The Morgan fingerprint density at radius 2 is 1.90 bits per heavy atom. The Morgan fingerprint density at radius 1 is 1.29 bits per heavy atom. The predicted octanol–water partition coefficient (Wildman–Crippen LogP) is 0.889. The van der Waals surface area contributed by atoms with Crippen LogP contribution < -0.4 is 0 Å². The summed E-state index contributed by atoms with van der Waals surface area (Å²) in [6.07, 6.45) is 2.45. The maximum Gasteiger partial charge on any atom is 0.244 e. The molecule has 0 aliphatic heterocycles. The van der Waals surface area contributed by atoms with Gasteiger partial charge >= 0.3 is 0 Å². The van der Waals surface area contributed by atoms with Crippen molar-refractivity contribution in [1.29, 1.82) is 0 Å². The molecule has 2 rings (SSSR count). The average molecular weight is 354 g/mol. The molecule has 0 aromatic heterocycles. The van der Waals surface area contributed by atoms with E-state index in [4.69, 9.17) is 16.7 Å². The molecular formula is C12H16ClNO5S2. The Labute approximate surface area is 129 Å². The molecule has 0 amide bonds. The highest BCUT2D eigenvalue weighted by Gasteiger charge is 2.38. The molecule has 0 atom stereocenters. The lowest BCUT2D eigenvalue weighted by Crippen LogP contribution is -2.35. The van der Waals surface area contributed by atoms with Gasteiger partial charge in [-0.3, -0.25) is 0 Å². The molecule has 0 radical (unpaired) electrons. The van der Waals surface area contributed by atoms with Gasteiger partial charge < -0.3 is 5.11 Å². The van der Waals surface area contributed by atoms with Crippen molar-refractivity contribution >= 4 is 31.5 Å². The summed E-state index contributed by atoms with van der Waals surface area (Å²) in [5.74, 6) is 0. The average Bonchev–Trinajstić information content (AvgIpc) is 3.18. The van der Waals surface area contributed by atoms with E-state index in [1.54, 1.807) is 0 Å². The Balaban J connectivity index is 2.53. The van der Waals surface area contributed by atoms with Crippen molar-refractivity contribution in [2.45, 2.75) is 28.7 Å². The molecule has 118 valence electrons. The van der Waals surface area contributed by atoms with Crippen molar-refractivity contribution in [3.05, 3.63) is 23.2 Å². The molecule has 9 heteroatoms. The molecule has 6 nitrogen and oxygen atoms in total. The highest BCUT2D eigenvalue weighted by atomic mass is 35.5. The smallest absolute Gasteiger partial charge is 0.244 e. The van der Waals surface area contributed by atoms with Crippen molar-refractivity contribution in [3.8, 4) is 0 Å². The SMILES string of the molecule is CS(=O)(=O)c1ccc(Cl)c(S(=O)(=O)N(CCO)C2CC2)c1. The lowest BCUT2D eigenvalue weighted by molar-refractivity contribution is 0.250. The summed E-state index contributed by atoms with van der Waals surface area (Å²) in [5, 5.41) is 9.01. The van der Waals surface area contributed by atoms with Crippen molar-refractivity contribution in [3.63, 3.8) is 0 Å². The van der Waals surface area contributed by atoms with Crippen molar-refractivity contribution in [2.75, 3.05) is 19.4 Å². The molecule has 0 unspecified atom stereocenters. The first-order chi connectivity index (χ1) is 9.67. The Bertz CT molecular complexity index is 741. The quantitative estimate of drug-likeness (QED) is 0.820. The summed E-state index contributed by atoms with van der Waals surface area (Å²) >= 11 is 5.94. The Hall–Kier alpha value is -0.670. The molecule has 1 aliphatic rings. The number of benzene rings is 1. The van der Waals surface area contributed by atoms with Crippen molar-refractivity contribution in [1.82, 2.24) is 4.31 Å². The van der Waals surface area contributed by atoms with Gasteiger partial charge in [0.15, 0.2) is 9.84 Å². The van der Waals surface area contributed by atoms with Crippen LogP contribution in [0, 0.1) is 0 Å². The third-order valence-electron chi connectivity index (χ3n) is 3.19. The highest BCUT2D eigenvalue weighted by Crippen LogP contribution is 2.34. The monoisotopic (exact) mass is 353 g/mol. The number of hydrogen-bond donors (Lipinski definition) is 1. The van der Waals surface area contributed by atoms with E-state index in [0.717, 1.165) is 25.2 Å². The zero-order valence-corrected chi connectivity index (χ0v) is 13.7. The molecule has 1 saturated carbocycles. The van der Waals surface area contributed by atoms with Crippen LogP contribution in [0.4, 0.5) is 0 Å². The number of aliphatic hydroxyl groups is 1. The molecule has 1 aromatic carbocycles. The van der Waals surface area contributed by atoms with Gasteiger partial charge in [-0.25, -0.2) is 16.8 Å². The molecule has 0 heterocycles. The third kappa shape index (κ3) is 3.57. The van der Waals surface area contributed by atoms with Crippen LogP contribution in [0.3, 0.4) is 0 Å². The van der Waals surface area contributed by atoms with Crippen LogP contribution in [-0.2, 0) is 19.9 Å². The zero-order valence-electron chi connectivity index (χ0n) is 11.4. The number of aliphatic hydroxyl groups excluding tert-OH is 1. The molecule has 21 heavy (non-hydrogen) atoms. The van der Waals surface area contributed by atoms with Crippen LogP contribution >= 0.6 is 11.6 Å². The van der Waals surface area contributed by atoms with Crippen LogP contribution in [0.1, 0.15) is 12.8 Å². The lowest BCUT2D eigenvalue weighted by Gasteiger charge is -2.21. The highest BCUT2D eigenvalue weighted by molar-refractivity contribution is 7.91. The van der Waals surface area contributed by atoms with Crippen LogP contribution in [0.15, 0.2) is 28.0 Å². The van der Waals surface area contributed by atoms with Crippen LogP contribution in [0.5, 0.6) is 0 Å². The summed E-state index contributed by atoms with van der Waals surface area (Å²) in [4.78, 5) is -0.349. The maximum absolute atomic E-state index is 12.6. The Kier molecular flexibility index (Phi) is 4.65. The predicted molar refractivity (Wildman–Crippen MR) is 78.6 cm³/mol. The zero-order chi connectivity index (χ0) is 15.8. The molecule has 1 aliphatic carbocycles. The first-order valence-electron chi connectivity index (χ1n) is 6.30. The number of rotatable bonds is 6. The molecular weight excluding hydrogens is 338 g/mol. The van der Waals surface area contributed by atoms with Crippen LogP contribution in [0.2, 0.25) is 5.02 Å². The van der Waals surface area contributed by atoms with Crippen LogP contribution in [0.25, 0.3) is 0 Å². The molecule has 0 spiro atoms. The van der Waals surface area contributed by atoms with Gasteiger partial charge in [-0.2, -0.15) is 4.31 Å². The summed E-state index contributed by atoms with van der Waals surface area (Å²) in [5.41, 5.74) is 0.